The molecular weight excluding hydrogens is 423 g/mol. The number of ether oxygens (including phenoxy) is 3. The minimum atomic E-state index is -0.510. The molecule has 1 saturated heterocycles. The maximum Gasteiger partial charge on any atom is 0.162 e. The predicted molar refractivity (Wildman–Crippen MR) is 118 cm³/mol. The number of hydrogen-bond donors (Lipinski definition) is 2. The zero-order chi connectivity index (χ0) is 21.8. The van der Waals surface area contributed by atoms with Gasteiger partial charge in [0.15, 0.2) is 11.5 Å². The number of fused-ring (bicyclic) bond motifs is 1. The van der Waals surface area contributed by atoms with Gasteiger partial charge in [0.05, 0.1) is 36.9 Å². The van der Waals surface area contributed by atoms with Crippen molar-refractivity contribution in [3.05, 3.63) is 47.5 Å². The number of nitrogens with one attached hydrogen (secondary N) is 2. The van der Waals surface area contributed by atoms with Crippen molar-refractivity contribution < 1.29 is 18.6 Å². The van der Waals surface area contributed by atoms with E-state index in [-0.39, 0.29) is 17.2 Å². The molecular formula is C22H24ClFN4O3. The number of benzene rings is 2. The van der Waals surface area contributed by atoms with Gasteiger partial charge in [-0.1, -0.05) is 18.5 Å². The molecule has 1 aromatic heterocycles. The quantitative estimate of drug-likeness (QED) is 0.559. The monoisotopic (exact) mass is 446 g/mol. The fourth-order valence-electron chi connectivity index (χ4n) is 3.56. The van der Waals surface area contributed by atoms with Crippen LogP contribution in [0.1, 0.15) is 13.3 Å². The average Bonchev–Trinajstić information content (AvgIpc) is 2.80. The van der Waals surface area contributed by atoms with Gasteiger partial charge < -0.3 is 24.8 Å². The van der Waals surface area contributed by atoms with Gasteiger partial charge in [-0.15, -0.1) is 0 Å². The lowest BCUT2D eigenvalue weighted by Crippen LogP contribution is -2.50. The Morgan fingerprint density at radius 1 is 1.29 bits per heavy atom. The maximum atomic E-state index is 13.9. The van der Waals surface area contributed by atoms with Crippen molar-refractivity contribution in [3.8, 4) is 11.5 Å². The largest absolute Gasteiger partial charge is 0.493 e. The van der Waals surface area contributed by atoms with Gasteiger partial charge in [0.25, 0.3) is 0 Å². The summed E-state index contributed by atoms with van der Waals surface area (Å²) in [6, 6.07) is 8.22. The minimum Gasteiger partial charge on any atom is -0.493 e. The highest BCUT2D eigenvalue weighted by Crippen LogP contribution is 2.36. The average molecular weight is 447 g/mol. The summed E-state index contributed by atoms with van der Waals surface area (Å²) in [6.45, 7) is 4.15. The summed E-state index contributed by atoms with van der Waals surface area (Å²) >= 11 is 5.79. The lowest BCUT2D eigenvalue weighted by molar-refractivity contribution is 0.0259. The third-order valence-electron chi connectivity index (χ3n) is 5.18. The van der Waals surface area contributed by atoms with Gasteiger partial charge >= 0.3 is 0 Å². The molecule has 2 atom stereocenters. The molecule has 2 N–H and O–H groups in total. The first-order valence-electron chi connectivity index (χ1n) is 10.1. The maximum absolute atomic E-state index is 13.9. The van der Waals surface area contributed by atoms with Gasteiger partial charge in [-0.2, -0.15) is 0 Å². The topological polar surface area (TPSA) is 77.5 Å². The summed E-state index contributed by atoms with van der Waals surface area (Å²) in [5.74, 6) is 1.16. The molecule has 164 valence electrons. The molecule has 0 saturated carbocycles. The standard InChI is InChI=1S/C22H24ClFN4O3/c1-3-19(18-11-30-7-6-25-18)31-21-9-14-17(10-20(21)29-2)26-12-27-22(14)28-13-4-5-15(23)16(24)8-13/h4-5,8-10,12,18-19,25H,3,6-7,11H2,1-2H3,(H,26,27,28). The van der Waals surface area contributed by atoms with Crippen molar-refractivity contribution in [1.82, 2.24) is 15.3 Å². The van der Waals surface area contributed by atoms with Crippen LogP contribution in [0.25, 0.3) is 10.9 Å². The van der Waals surface area contributed by atoms with Crippen LogP contribution < -0.4 is 20.1 Å². The first-order chi connectivity index (χ1) is 15.1. The van der Waals surface area contributed by atoms with Crippen molar-refractivity contribution in [2.24, 2.45) is 0 Å². The van der Waals surface area contributed by atoms with Gasteiger partial charge in [-0.05, 0) is 30.7 Å². The van der Waals surface area contributed by atoms with E-state index in [0.717, 1.165) is 18.4 Å². The number of hydrogen-bond acceptors (Lipinski definition) is 7. The smallest absolute Gasteiger partial charge is 0.162 e. The van der Waals surface area contributed by atoms with Crippen molar-refractivity contribution in [2.75, 3.05) is 32.2 Å². The van der Waals surface area contributed by atoms with Gasteiger partial charge in [0, 0.05) is 23.7 Å². The van der Waals surface area contributed by atoms with E-state index in [4.69, 9.17) is 25.8 Å². The zero-order valence-electron chi connectivity index (χ0n) is 17.3. The lowest BCUT2D eigenvalue weighted by Gasteiger charge is -2.31. The second-order valence-corrected chi connectivity index (χ2v) is 7.60. The normalized spacial score (nSPS) is 17.4. The highest BCUT2D eigenvalue weighted by molar-refractivity contribution is 6.30. The van der Waals surface area contributed by atoms with E-state index in [1.807, 2.05) is 6.07 Å². The van der Waals surface area contributed by atoms with Crippen LogP contribution in [0.4, 0.5) is 15.9 Å². The Balaban J connectivity index is 1.68. The predicted octanol–water partition coefficient (Wildman–Crippen LogP) is 4.32. The van der Waals surface area contributed by atoms with Crippen LogP contribution in [0.3, 0.4) is 0 Å². The molecule has 1 fully saturated rings. The summed E-state index contributed by atoms with van der Waals surface area (Å²) in [4.78, 5) is 8.67. The first-order valence-corrected chi connectivity index (χ1v) is 10.5. The molecule has 2 unspecified atom stereocenters. The molecule has 7 nitrogen and oxygen atoms in total. The third kappa shape index (κ3) is 4.81. The highest BCUT2D eigenvalue weighted by Gasteiger charge is 2.25. The van der Waals surface area contributed by atoms with Crippen molar-refractivity contribution in [2.45, 2.75) is 25.5 Å². The van der Waals surface area contributed by atoms with Gasteiger partial charge in [0.1, 0.15) is 24.1 Å². The van der Waals surface area contributed by atoms with E-state index in [2.05, 4.69) is 27.5 Å². The number of nitrogens with zero attached hydrogens (tertiary/aromatic N) is 2. The molecule has 2 aromatic carbocycles. The zero-order valence-corrected chi connectivity index (χ0v) is 18.1. The Bertz CT molecular complexity index is 1060. The van der Waals surface area contributed by atoms with E-state index in [9.17, 15) is 4.39 Å². The second-order valence-electron chi connectivity index (χ2n) is 7.20. The van der Waals surface area contributed by atoms with Gasteiger partial charge in [-0.25, -0.2) is 14.4 Å². The number of morpholine rings is 1. The molecule has 0 aliphatic carbocycles. The van der Waals surface area contributed by atoms with Crippen molar-refractivity contribution in [1.29, 1.82) is 0 Å². The fourth-order valence-corrected chi connectivity index (χ4v) is 3.68. The first kappa shape index (κ1) is 21.5. The summed E-state index contributed by atoms with van der Waals surface area (Å²) in [5, 5.41) is 7.36. The molecule has 9 heteroatoms. The lowest BCUT2D eigenvalue weighted by atomic mass is 10.1. The molecule has 2 heterocycles. The van der Waals surface area contributed by atoms with E-state index in [1.54, 1.807) is 19.2 Å². The van der Waals surface area contributed by atoms with Crippen molar-refractivity contribution in [3.63, 3.8) is 0 Å². The van der Waals surface area contributed by atoms with Gasteiger partial charge in [-0.3, -0.25) is 0 Å². The Morgan fingerprint density at radius 2 is 2.16 bits per heavy atom. The number of halogens is 2. The molecule has 1 aliphatic rings. The second kappa shape index (κ2) is 9.64. The number of methoxy groups -OCH3 is 1. The summed E-state index contributed by atoms with van der Waals surface area (Å²) in [6.07, 6.45) is 2.13. The van der Waals surface area contributed by atoms with Crippen LogP contribution in [0.15, 0.2) is 36.7 Å². The van der Waals surface area contributed by atoms with Crippen LogP contribution >= 0.6 is 11.6 Å². The molecule has 0 radical (unpaired) electrons. The summed E-state index contributed by atoms with van der Waals surface area (Å²) in [7, 11) is 1.59. The molecule has 4 rings (SSSR count). The van der Waals surface area contributed by atoms with Crippen LogP contribution in [-0.4, -0.2) is 49.0 Å². The third-order valence-corrected chi connectivity index (χ3v) is 5.49. The summed E-state index contributed by atoms with van der Waals surface area (Å²) in [5.41, 5.74) is 1.19. The van der Waals surface area contributed by atoms with Crippen molar-refractivity contribution >= 4 is 34.0 Å². The van der Waals surface area contributed by atoms with E-state index in [0.29, 0.717) is 41.7 Å². The number of anilines is 2. The number of aromatic nitrogens is 2. The fraction of sp³-hybridized carbons (Fsp3) is 0.364. The Labute approximate surface area is 184 Å². The molecule has 3 aromatic rings. The molecule has 31 heavy (non-hydrogen) atoms. The minimum absolute atomic E-state index is 0.0597. The molecule has 0 bridgehead atoms. The molecule has 1 aliphatic heterocycles. The summed E-state index contributed by atoms with van der Waals surface area (Å²) < 4.78 is 31.3. The van der Waals surface area contributed by atoms with Crippen LogP contribution in [-0.2, 0) is 4.74 Å². The Kier molecular flexibility index (Phi) is 6.70. The van der Waals surface area contributed by atoms with E-state index in [1.165, 1.54) is 18.5 Å². The Hall–Kier alpha value is -2.68. The van der Waals surface area contributed by atoms with Crippen LogP contribution in [0, 0.1) is 5.82 Å². The SMILES string of the molecule is CCC(Oc1cc2c(Nc3ccc(Cl)c(F)c3)ncnc2cc1OC)C1COCCN1. The molecule has 0 spiro atoms. The van der Waals surface area contributed by atoms with E-state index >= 15 is 0 Å². The van der Waals surface area contributed by atoms with E-state index < -0.39 is 5.82 Å². The van der Waals surface area contributed by atoms with Crippen LogP contribution in [0.2, 0.25) is 5.02 Å². The molecule has 0 amide bonds. The van der Waals surface area contributed by atoms with Crippen LogP contribution in [0.5, 0.6) is 11.5 Å². The highest BCUT2D eigenvalue weighted by atomic mass is 35.5. The van der Waals surface area contributed by atoms with Gasteiger partial charge in [0.2, 0.25) is 0 Å². The number of rotatable bonds is 7. The Morgan fingerprint density at radius 3 is 2.87 bits per heavy atom.